The zero-order valence-electron chi connectivity index (χ0n) is 28.0. The van der Waals surface area contributed by atoms with Crippen LogP contribution in [0.25, 0.3) is 82.5 Å². The van der Waals surface area contributed by atoms with Crippen LogP contribution in [0.4, 0.5) is 17.1 Å². The van der Waals surface area contributed by atoms with Gasteiger partial charge in [0.05, 0.1) is 11.0 Å². The summed E-state index contributed by atoms with van der Waals surface area (Å²) in [6.45, 7) is 0. The highest BCUT2D eigenvalue weighted by Crippen LogP contribution is 2.41. The molecule has 11 aromatic rings. The van der Waals surface area contributed by atoms with Gasteiger partial charge >= 0.3 is 0 Å². The van der Waals surface area contributed by atoms with Gasteiger partial charge in [-0.3, -0.25) is 0 Å². The lowest BCUT2D eigenvalue weighted by molar-refractivity contribution is 0.669. The fourth-order valence-electron chi connectivity index (χ4n) is 8.02. The number of fused-ring (bicyclic) bond motifs is 9. The summed E-state index contributed by atoms with van der Waals surface area (Å²) in [5, 5.41) is 6.96. The minimum absolute atomic E-state index is 0.876. The summed E-state index contributed by atoms with van der Waals surface area (Å²) in [5.74, 6) is 0. The van der Waals surface area contributed by atoms with E-state index in [4.69, 9.17) is 8.83 Å². The molecule has 0 unspecified atom stereocenters. The van der Waals surface area contributed by atoms with Crippen LogP contribution < -0.4 is 4.90 Å². The molecule has 0 N–H and O–H groups in total. The third-order valence-corrected chi connectivity index (χ3v) is 10.4. The Bertz CT molecular complexity index is 3070. The van der Waals surface area contributed by atoms with Crippen molar-refractivity contribution in [2.75, 3.05) is 4.90 Å². The third kappa shape index (κ3) is 4.34. The highest BCUT2D eigenvalue weighted by molar-refractivity contribution is 6.11. The molecule has 244 valence electrons. The number of hydrogen-bond acceptors (Lipinski definition) is 3. The van der Waals surface area contributed by atoms with E-state index in [2.05, 4.69) is 167 Å². The molecule has 0 radical (unpaired) electrons. The zero-order chi connectivity index (χ0) is 34.2. The van der Waals surface area contributed by atoms with E-state index in [1.54, 1.807) is 0 Å². The van der Waals surface area contributed by atoms with Crippen LogP contribution in [-0.4, -0.2) is 4.57 Å². The fourth-order valence-corrected chi connectivity index (χ4v) is 8.02. The topological polar surface area (TPSA) is 34.5 Å². The van der Waals surface area contributed by atoms with Gasteiger partial charge < -0.3 is 18.3 Å². The summed E-state index contributed by atoms with van der Waals surface area (Å²) in [7, 11) is 0. The van der Waals surface area contributed by atoms with Crippen LogP contribution >= 0.6 is 0 Å². The number of rotatable bonds is 5. The second kappa shape index (κ2) is 11.2. The van der Waals surface area contributed by atoms with Gasteiger partial charge in [0.15, 0.2) is 0 Å². The highest BCUT2D eigenvalue weighted by atomic mass is 16.3. The largest absolute Gasteiger partial charge is 0.456 e. The van der Waals surface area contributed by atoms with Crippen molar-refractivity contribution in [1.82, 2.24) is 4.57 Å². The average Bonchev–Trinajstić information content (AvgIpc) is 3.88. The minimum Gasteiger partial charge on any atom is -0.456 e. The van der Waals surface area contributed by atoms with Gasteiger partial charge in [-0.15, -0.1) is 0 Å². The molecule has 0 aliphatic carbocycles. The molecule has 3 heterocycles. The van der Waals surface area contributed by atoms with E-state index in [1.807, 2.05) is 24.3 Å². The maximum absolute atomic E-state index is 6.40. The van der Waals surface area contributed by atoms with Crippen LogP contribution in [0.1, 0.15) is 0 Å². The number of nitrogens with zero attached hydrogens (tertiary/aromatic N) is 2. The minimum atomic E-state index is 0.876. The Morgan fingerprint density at radius 1 is 0.365 bits per heavy atom. The monoisotopic (exact) mass is 666 g/mol. The summed E-state index contributed by atoms with van der Waals surface area (Å²) in [5.41, 5.74) is 12.4. The van der Waals surface area contributed by atoms with E-state index < -0.39 is 0 Å². The molecule has 0 aliphatic rings. The van der Waals surface area contributed by atoms with Crippen molar-refractivity contribution >= 4 is 82.7 Å². The Balaban J connectivity index is 1.06. The highest BCUT2D eigenvalue weighted by Gasteiger charge is 2.18. The number of para-hydroxylation sites is 5. The van der Waals surface area contributed by atoms with Crippen LogP contribution in [0.15, 0.2) is 191 Å². The van der Waals surface area contributed by atoms with Crippen molar-refractivity contribution in [1.29, 1.82) is 0 Å². The first kappa shape index (κ1) is 28.8. The van der Waals surface area contributed by atoms with E-state index in [9.17, 15) is 0 Å². The number of anilines is 3. The lowest BCUT2D eigenvalue weighted by atomic mass is 10.0. The Morgan fingerprint density at radius 2 is 0.885 bits per heavy atom. The lowest BCUT2D eigenvalue weighted by Crippen LogP contribution is -2.10. The second-order valence-electron chi connectivity index (χ2n) is 13.3. The average molecular weight is 667 g/mol. The van der Waals surface area contributed by atoms with Crippen molar-refractivity contribution in [2.45, 2.75) is 0 Å². The van der Waals surface area contributed by atoms with Gasteiger partial charge in [-0.2, -0.15) is 0 Å². The molecular weight excluding hydrogens is 637 g/mol. The molecule has 0 saturated carbocycles. The van der Waals surface area contributed by atoms with Crippen molar-refractivity contribution in [3.8, 4) is 16.8 Å². The van der Waals surface area contributed by atoms with Gasteiger partial charge in [0.1, 0.15) is 22.3 Å². The standard InChI is InChI=1S/C48H30N2O2/c1-5-16-43-37(10-1)38-11-2-6-17-44(38)50(43)34-26-24-33(25-27-34)49(35-28-29-47-42(30-35)40-13-4-7-18-45(40)51-47)32-22-20-31(21-23-32)36-14-9-15-41-39-12-3-8-19-46(39)52-48(36)41/h1-30H. The molecule has 0 aliphatic heterocycles. The van der Waals surface area contributed by atoms with Crippen LogP contribution in [0, 0.1) is 0 Å². The molecule has 0 atom stereocenters. The normalized spacial score (nSPS) is 11.8. The van der Waals surface area contributed by atoms with Crippen LogP contribution in [0.5, 0.6) is 0 Å². The molecule has 4 heteroatoms. The fraction of sp³-hybridized carbons (Fsp3) is 0. The summed E-state index contributed by atoms with van der Waals surface area (Å²) in [6, 6.07) is 64.3. The SMILES string of the molecule is c1ccc2c(c1)oc1ccc(N(c3ccc(-c4cccc5c4oc4ccccc45)cc3)c3ccc(-n4c5ccccc5c5ccccc54)cc3)cc12. The quantitative estimate of drug-likeness (QED) is 0.183. The van der Waals surface area contributed by atoms with E-state index in [1.165, 1.54) is 21.8 Å². The first-order valence-electron chi connectivity index (χ1n) is 17.6. The molecule has 11 rings (SSSR count). The number of benzene rings is 8. The van der Waals surface area contributed by atoms with Crippen molar-refractivity contribution in [3.05, 3.63) is 182 Å². The van der Waals surface area contributed by atoms with Gasteiger partial charge in [0.25, 0.3) is 0 Å². The zero-order valence-corrected chi connectivity index (χ0v) is 28.0. The van der Waals surface area contributed by atoms with Crippen LogP contribution in [-0.2, 0) is 0 Å². The van der Waals surface area contributed by atoms with Gasteiger partial charge in [-0.25, -0.2) is 0 Å². The number of hydrogen-bond donors (Lipinski definition) is 0. The Labute approximate surface area is 299 Å². The molecule has 0 saturated heterocycles. The van der Waals surface area contributed by atoms with Crippen molar-refractivity contribution in [2.24, 2.45) is 0 Å². The van der Waals surface area contributed by atoms with E-state index in [0.717, 1.165) is 77.8 Å². The third-order valence-electron chi connectivity index (χ3n) is 10.4. The Kier molecular flexibility index (Phi) is 6.22. The Morgan fingerprint density at radius 3 is 1.58 bits per heavy atom. The molecule has 4 nitrogen and oxygen atoms in total. The van der Waals surface area contributed by atoms with Gasteiger partial charge in [0, 0.05) is 60.6 Å². The number of furan rings is 2. The van der Waals surface area contributed by atoms with Crippen molar-refractivity contribution in [3.63, 3.8) is 0 Å². The van der Waals surface area contributed by atoms with E-state index in [-0.39, 0.29) is 0 Å². The smallest absolute Gasteiger partial charge is 0.143 e. The van der Waals surface area contributed by atoms with Crippen LogP contribution in [0.3, 0.4) is 0 Å². The summed E-state index contributed by atoms with van der Waals surface area (Å²) in [6.07, 6.45) is 0. The van der Waals surface area contributed by atoms with Gasteiger partial charge in [-0.1, -0.05) is 103 Å². The summed E-state index contributed by atoms with van der Waals surface area (Å²) < 4.78 is 15.0. The van der Waals surface area contributed by atoms with E-state index in [0.29, 0.717) is 0 Å². The first-order valence-corrected chi connectivity index (χ1v) is 17.6. The maximum atomic E-state index is 6.40. The molecule has 0 bridgehead atoms. The number of aromatic nitrogens is 1. The van der Waals surface area contributed by atoms with E-state index >= 15 is 0 Å². The van der Waals surface area contributed by atoms with Gasteiger partial charge in [0.2, 0.25) is 0 Å². The predicted molar refractivity (Wildman–Crippen MR) is 215 cm³/mol. The molecule has 3 aromatic heterocycles. The molecular formula is C48H30N2O2. The molecule has 0 spiro atoms. The molecule has 52 heavy (non-hydrogen) atoms. The van der Waals surface area contributed by atoms with Crippen molar-refractivity contribution < 1.29 is 8.83 Å². The van der Waals surface area contributed by atoms with Crippen LogP contribution in [0.2, 0.25) is 0 Å². The second-order valence-corrected chi connectivity index (χ2v) is 13.3. The first-order chi connectivity index (χ1) is 25.8. The Hall–Kier alpha value is -7.04. The van der Waals surface area contributed by atoms with Gasteiger partial charge in [-0.05, 0) is 84.4 Å². The molecule has 8 aromatic carbocycles. The maximum Gasteiger partial charge on any atom is 0.143 e. The predicted octanol–water partition coefficient (Wildman–Crippen LogP) is 13.7. The molecule has 0 amide bonds. The lowest BCUT2D eigenvalue weighted by Gasteiger charge is -2.26. The molecule has 0 fully saturated rings. The summed E-state index contributed by atoms with van der Waals surface area (Å²) in [4.78, 5) is 2.32. The summed E-state index contributed by atoms with van der Waals surface area (Å²) >= 11 is 0.